The summed E-state index contributed by atoms with van der Waals surface area (Å²) in [6.07, 6.45) is 0.229. The summed E-state index contributed by atoms with van der Waals surface area (Å²) in [5.74, 6) is -0.532. The molecule has 2 aromatic carbocycles. The summed E-state index contributed by atoms with van der Waals surface area (Å²) in [7, 11) is 1.61. The van der Waals surface area contributed by atoms with Gasteiger partial charge in [-0.3, -0.25) is 19.0 Å². The first-order chi connectivity index (χ1) is 13.9. The number of hydrogen-bond donors (Lipinski definition) is 1. The van der Waals surface area contributed by atoms with Gasteiger partial charge in [0.2, 0.25) is 0 Å². The second-order valence-electron chi connectivity index (χ2n) is 6.53. The normalized spacial score (nSPS) is 10.7. The number of benzene rings is 2. The first-order valence-corrected chi connectivity index (χ1v) is 9.40. The van der Waals surface area contributed by atoms with Crippen molar-refractivity contribution in [2.24, 2.45) is 7.05 Å². The van der Waals surface area contributed by atoms with Crippen LogP contribution in [0.15, 0.2) is 47.3 Å². The van der Waals surface area contributed by atoms with E-state index in [0.29, 0.717) is 27.4 Å². The van der Waals surface area contributed by atoms with E-state index >= 15 is 0 Å². The summed E-state index contributed by atoms with van der Waals surface area (Å²) in [5.41, 5.74) is 1.71. The molecule has 29 heavy (non-hydrogen) atoms. The summed E-state index contributed by atoms with van der Waals surface area (Å²) >= 11 is 6.02. The zero-order valence-electron chi connectivity index (χ0n) is 16.1. The number of carbonyl (C=O) groups excluding carboxylic acids is 2. The Morgan fingerprint density at radius 2 is 1.93 bits per heavy atom. The van der Waals surface area contributed by atoms with Gasteiger partial charge in [0.15, 0.2) is 6.61 Å². The first-order valence-electron chi connectivity index (χ1n) is 9.02. The molecule has 0 saturated carbocycles. The number of aryl methyl sites for hydroxylation is 1. The van der Waals surface area contributed by atoms with Gasteiger partial charge < -0.3 is 10.1 Å². The number of carbonyl (C=O) groups is 2. The van der Waals surface area contributed by atoms with E-state index in [4.69, 9.17) is 16.3 Å². The molecule has 150 valence electrons. The van der Waals surface area contributed by atoms with Crippen molar-refractivity contribution < 1.29 is 14.3 Å². The number of para-hydroxylation sites is 1. The monoisotopic (exact) mass is 413 g/mol. The lowest BCUT2D eigenvalue weighted by Crippen LogP contribution is -2.24. The molecule has 7 nitrogen and oxygen atoms in total. The molecule has 1 N–H and O–H groups in total. The van der Waals surface area contributed by atoms with Gasteiger partial charge in [0.1, 0.15) is 5.82 Å². The third-order valence-electron chi connectivity index (χ3n) is 4.53. The maximum Gasteiger partial charge on any atom is 0.306 e. The maximum atomic E-state index is 12.4. The average Bonchev–Trinajstić information content (AvgIpc) is 2.71. The number of nitrogens with one attached hydrogen (secondary N) is 1. The molecule has 0 aliphatic rings. The Labute approximate surface area is 172 Å². The van der Waals surface area contributed by atoms with Crippen LogP contribution in [0.2, 0.25) is 5.02 Å². The number of esters is 1. The number of anilines is 1. The summed E-state index contributed by atoms with van der Waals surface area (Å²) in [6, 6.07) is 12.2. The highest BCUT2D eigenvalue weighted by Gasteiger charge is 2.13. The third kappa shape index (κ3) is 4.81. The molecule has 0 fully saturated rings. The summed E-state index contributed by atoms with van der Waals surface area (Å²) in [6.45, 7) is 1.37. The fraction of sp³-hybridized carbons (Fsp3) is 0.238. The van der Waals surface area contributed by atoms with Crippen molar-refractivity contribution in [1.82, 2.24) is 9.55 Å². The van der Waals surface area contributed by atoms with Crippen LogP contribution in [0.5, 0.6) is 0 Å². The van der Waals surface area contributed by atoms with E-state index in [9.17, 15) is 14.4 Å². The number of ether oxygens (including phenoxy) is 1. The molecule has 0 atom stereocenters. The Kier molecular flexibility index (Phi) is 6.29. The van der Waals surface area contributed by atoms with Gasteiger partial charge in [-0.1, -0.05) is 29.8 Å². The van der Waals surface area contributed by atoms with Crippen molar-refractivity contribution in [2.75, 3.05) is 11.9 Å². The molecule has 1 amide bonds. The topological polar surface area (TPSA) is 90.3 Å². The second-order valence-corrected chi connectivity index (χ2v) is 6.94. The number of nitrogens with zero attached hydrogens (tertiary/aromatic N) is 2. The number of rotatable bonds is 6. The van der Waals surface area contributed by atoms with Gasteiger partial charge in [0, 0.05) is 24.2 Å². The minimum atomic E-state index is -0.551. The van der Waals surface area contributed by atoms with Crippen molar-refractivity contribution >= 4 is 40.1 Å². The highest BCUT2D eigenvalue weighted by molar-refractivity contribution is 6.31. The van der Waals surface area contributed by atoms with Crippen molar-refractivity contribution in [3.05, 3.63) is 69.2 Å². The van der Waals surface area contributed by atoms with E-state index in [1.807, 2.05) is 0 Å². The van der Waals surface area contributed by atoms with E-state index < -0.39 is 18.5 Å². The summed E-state index contributed by atoms with van der Waals surface area (Å²) in [5, 5.41) is 3.72. The van der Waals surface area contributed by atoms with Crippen molar-refractivity contribution in [3.63, 3.8) is 0 Å². The lowest BCUT2D eigenvalue weighted by Gasteiger charge is -2.11. The lowest BCUT2D eigenvalue weighted by molar-refractivity contribution is -0.147. The quantitative estimate of drug-likeness (QED) is 0.627. The van der Waals surface area contributed by atoms with Crippen LogP contribution in [0.1, 0.15) is 17.8 Å². The molecule has 0 aliphatic heterocycles. The van der Waals surface area contributed by atoms with E-state index in [2.05, 4.69) is 10.3 Å². The maximum absolute atomic E-state index is 12.4. The predicted molar refractivity (Wildman–Crippen MR) is 111 cm³/mol. The standard InChI is InChI=1S/C21H20ClN3O4/c1-13-15(22)7-5-9-16(13)24-19(26)12-29-20(27)11-10-18-23-17-8-4-3-6-14(17)21(28)25(18)2/h3-9H,10-12H2,1-2H3,(H,24,26). The van der Waals surface area contributed by atoms with E-state index in [0.717, 1.165) is 5.56 Å². The molecule has 0 bridgehead atoms. The Bertz CT molecular complexity index is 1140. The van der Waals surface area contributed by atoms with E-state index in [1.54, 1.807) is 56.4 Å². The zero-order valence-corrected chi connectivity index (χ0v) is 16.8. The second kappa shape index (κ2) is 8.87. The molecule has 0 saturated heterocycles. The van der Waals surface area contributed by atoms with Gasteiger partial charge in [-0.25, -0.2) is 4.98 Å². The molecule has 8 heteroatoms. The molecule has 1 heterocycles. The fourth-order valence-corrected chi connectivity index (χ4v) is 3.02. The number of fused-ring (bicyclic) bond motifs is 1. The highest BCUT2D eigenvalue weighted by atomic mass is 35.5. The molecule has 0 radical (unpaired) electrons. The molecular formula is C21H20ClN3O4. The van der Waals surface area contributed by atoms with Gasteiger partial charge in [-0.05, 0) is 36.8 Å². The Morgan fingerprint density at radius 3 is 2.72 bits per heavy atom. The molecule has 1 aromatic heterocycles. The molecule has 0 unspecified atom stereocenters. The van der Waals surface area contributed by atoms with Crippen molar-refractivity contribution in [2.45, 2.75) is 19.8 Å². The molecule has 3 rings (SSSR count). The van der Waals surface area contributed by atoms with Crippen LogP contribution in [-0.2, 0) is 27.8 Å². The number of hydrogen-bond acceptors (Lipinski definition) is 5. The van der Waals surface area contributed by atoms with Gasteiger partial charge in [-0.15, -0.1) is 0 Å². The number of halogens is 1. The third-order valence-corrected chi connectivity index (χ3v) is 4.94. The SMILES string of the molecule is Cc1c(Cl)cccc1NC(=O)COC(=O)CCc1nc2ccccc2c(=O)n1C. The molecule has 0 aliphatic carbocycles. The van der Waals surface area contributed by atoms with Crippen LogP contribution >= 0.6 is 11.6 Å². The zero-order chi connectivity index (χ0) is 21.0. The molecule has 0 spiro atoms. The van der Waals surface area contributed by atoms with Gasteiger partial charge in [0.05, 0.1) is 17.3 Å². The van der Waals surface area contributed by atoms with Crippen LogP contribution in [0.4, 0.5) is 5.69 Å². The molecule has 3 aromatic rings. The van der Waals surface area contributed by atoms with Crippen LogP contribution in [0.25, 0.3) is 10.9 Å². The smallest absolute Gasteiger partial charge is 0.306 e. The van der Waals surface area contributed by atoms with Crippen molar-refractivity contribution in [1.29, 1.82) is 0 Å². The molecular weight excluding hydrogens is 394 g/mol. The van der Waals surface area contributed by atoms with Crippen LogP contribution in [-0.4, -0.2) is 28.0 Å². The first kappa shape index (κ1) is 20.5. The minimum Gasteiger partial charge on any atom is -0.456 e. The average molecular weight is 414 g/mol. The summed E-state index contributed by atoms with van der Waals surface area (Å²) in [4.78, 5) is 40.8. The van der Waals surface area contributed by atoms with E-state index in [-0.39, 0.29) is 18.4 Å². The lowest BCUT2D eigenvalue weighted by atomic mass is 10.2. The van der Waals surface area contributed by atoms with Gasteiger partial charge in [0.25, 0.3) is 11.5 Å². The van der Waals surface area contributed by atoms with E-state index in [1.165, 1.54) is 4.57 Å². The Balaban J connectivity index is 1.56. The number of amides is 1. The number of aromatic nitrogens is 2. The van der Waals surface area contributed by atoms with Crippen LogP contribution in [0.3, 0.4) is 0 Å². The largest absolute Gasteiger partial charge is 0.456 e. The van der Waals surface area contributed by atoms with Crippen LogP contribution in [0, 0.1) is 6.92 Å². The van der Waals surface area contributed by atoms with Gasteiger partial charge in [-0.2, -0.15) is 0 Å². The van der Waals surface area contributed by atoms with Crippen LogP contribution < -0.4 is 10.9 Å². The summed E-state index contributed by atoms with van der Waals surface area (Å²) < 4.78 is 6.45. The Morgan fingerprint density at radius 1 is 1.17 bits per heavy atom. The predicted octanol–water partition coefficient (Wildman–Crippen LogP) is 3.01. The minimum absolute atomic E-state index is 0.00208. The van der Waals surface area contributed by atoms with Crippen molar-refractivity contribution in [3.8, 4) is 0 Å². The fourth-order valence-electron chi connectivity index (χ4n) is 2.85. The Hall–Kier alpha value is -3.19. The van der Waals surface area contributed by atoms with Gasteiger partial charge >= 0.3 is 5.97 Å². The highest BCUT2D eigenvalue weighted by Crippen LogP contribution is 2.22.